The van der Waals surface area contributed by atoms with Crippen molar-refractivity contribution in [3.05, 3.63) is 24.3 Å². The highest BCUT2D eigenvalue weighted by Crippen LogP contribution is 2.28. The summed E-state index contributed by atoms with van der Waals surface area (Å²) in [6, 6.07) is 6.82. The van der Waals surface area contributed by atoms with Crippen molar-refractivity contribution in [1.82, 2.24) is 4.90 Å². The first kappa shape index (κ1) is 28.1. The maximum Gasteiger partial charge on any atom is 0.233 e. The highest BCUT2D eigenvalue weighted by molar-refractivity contribution is 5.88. The van der Waals surface area contributed by atoms with Gasteiger partial charge in [-0.2, -0.15) is 0 Å². The van der Waals surface area contributed by atoms with Gasteiger partial charge < -0.3 is 24.6 Å². The van der Waals surface area contributed by atoms with Crippen molar-refractivity contribution in [2.45, 2.75) is 90.4 Å². The number of hydrogen-bond acceptors (Lipinski definition) is 6. The average molecular weight is 478 g/mol. The Morgan fingerprint density at radius 3 is 2.47 bits per heavy atom. The van der Waals surface area contributed by atoms with Crippen LogP contribution in [0.25, 0.3) is 0 Å². The Morgan fingerprint density at radius 1 is 1.09 bits per heavy atom. The predicted octanol–water partition coefficient (Wildman–Crippen LogP) is 4.34. The maximum absolute atomic E-state index is 13.5. The molecule has 7 nitrogen and oxygen atoms in total. The molecule has 1 heterocycles. The molecule has 2 rings (SSSR count). The van der Waals surface area contributed by atoms with Crippen LogP contribution in [0.2, 0.25) is 0 Å². The van der Waals surface area contributed by atoms with Crippen molar-refractivity contribution in [1.29, 1.82) is 0 Å². The largest absolute Gasteiger partial charge is 0.491 e. The minimum atomic E-state index is -1.01. The minimum Gasteiger partial charge on any atom is -0.491 e. The topological polar surface area (TPSA) is 96.3 Å². The van der Waals surface area contributed by atoms with E-state index < -0.39 is 12.3 Å². The van der Waals surface area contributed by atoms with E-state index >= 15 is 0 Å². The Kier molecular flexibility index (Phi) is 12.4. The third kappa shape index (κ3) is 9.63. The van der Waals surface area contributed by atoms with Crippen molar-refractivity contribution >= 4 is 11.7 Å². The maximum atomic E-state index is 13.5. The zero-order valence-electron chi connectivity index (χ0n) is 21.1. The summed E-state index contributed by atoms with van der Waals surface area (Å²) in [5, 5.41) is 19.3. The van der Waals surface area contributed by atoms with Crippen LogP contribution in [0.5, 0.6) is 11.5 Å². The lowest BCUT2D eigenvalue weighted by Crippen LogP contribution is -2.46. The van der Waals surface area contributed by atoms with Crippen LogP contribution in [0.4, 0.5) is 0 Å². The second-order valence-corrected chi connectivity index (χ2v) is 9.66. The van der Waals surface area contributed by atoms with E-state index in [1.54, 1.807) is 31.3 Å². The summed E-state index contributed by atoms with van der Waals surface area (Å²) in [6.45, 7) is 4.40. The van der Waals surface area contributed by atoms with Crippen molar-refractivity contribution in [2.24, 2.45) is 11.8 Å². The fourth-order valence-corrected chi connectivity index (χ4v) is 4.53. The number of likely N-dealkylation sites (N-methyl/N-ethyl adjacent to an activating group) is 1. The molecular formula is C27H43NO6. The van der Waals surface area contributed by atoms with E-state index in [9.17, 15) is 14.7 Å². The number of aliphatic hydroxyl groups is 2. The summed E-state index contributed by atoms with van der Waals surface area (Å²) in [4.78, 5) is 27.8. The van der Waals surface area contributed by atoms with E-state index in [0.717, 1.165) is 44.9 Å². The monoisotopic (exact) mass is 477 g/mol. The van der Waals surface area contributed by atoms with E-state index in [-0.39, 0.29) is 37.2 Å². The van der Waals surface area contributed by atoms with Crippen LogP contribution < -0.4 is 9.47 Å². The van der Waals surface area contributed by atoms with Crippen LogP contribution in [-0.4, -0.2) is 59.4 Å². The number of ketones is 1. The number of aliphatic hydroxyl groups excluding tert-OH is 2. The summed E-state index contributed by atoms with van der Waals surface area (Å²) in [6.07, 6.45) is 6.20. The number of Topliss-reactive ketones (excluding diaryl/α,β-unsaturated/α-hetero) is 1. The van der Waals surface area contributed by atoms with Crippen molar-refractivity contribution in [3.8, 4) is 11.5 Å². The summed E-state index contributed by atoms with van der Waals surface area (Å²) < 4.78 is 11.4. The number of ether oxygens (including phenoxy) is 2. The van der Waals surface area contributed by atoms with Crippen molar-refractivity contribution < 1.29 is 29.3 Å². The molecule has 1 aliphatic rings. The van der Waals surface area contributed by atoms with Crippen LogP contribution in [0.15, 0.2) is 24.3 Å². The number of hydrogen-bond donors (Lipinski definition) is 2. The molecule has 0 aromatic heterocycles. The molecule has 34 heavy (non-hydrogen) atoms. The van der Waals surface area contributed by atoms with E-state index in [2.05, 4.69) is 6.92 Å². The summed E-state index contributed by atoms with van der Waals surface area (Å²) >= 11 is 0. The molecule has 1 saturated heterocycles. The molecule has 0 spiro atoms. The smallest absolute Gasteiger partial charge is 0.233 e. The van der Waals surface area contributed by atoms with Gasteiger partial charge in [-0.3, -0.25) is 9.59 Å². The lowest BCUT2D eigenvalue weighted by atomic mass is 9.86. The van der Waals surface area contributed by atoms with Crippen LogP contribution in [0, 0.1) is 11.8 Å². The van der Waals surface area contributed by atoms with Gasteiger partial charge in [0.2, 0.25) is 12.1 Å². The Bertz CT molecular complexity index is 737. The molecule has 2 N–H and O–H groups in total. The quantitative estimate of drug-likeness (QED) is 0.549. The van der Waals surface area contributed by atoms with Crippen molar-refractivity contribution in [3.63, 3.8) is 0 Å². The van der Waals surface area contributed by atoms with E-state index in [0.29, 0.717) is 30.3 Å². The van der Waals surface area contributed by atoms with E-state index in [1.165, 1.54) is 4.90 Å². The van der Waals surface area contributed by atoms with Gasteiger partial charge in [0.15, 0.2) is 5.78 Å². The number of amides is 1. The van der Waals surface area contributed by atoms with Crippen LogP contribution in [0.1, 0.15) is 78.1 Å². The fraction of sp³-hybridized carbons (Fsp3) is 0.704. The molecule has 0 radical (unpaired) electrons. The molecule has 1 amide bonds. The van der Waals surface area contributed by atoms with Gasteiger partial charge in [0.05, 0.1) is 12.7 Å². The number of nitrogens with zero attached hydrogens (tertiary/aromatic N) is 1. The molecule has 0 bridgehead atoms. The lowest BCUT2D eigenvalue weighted by molar-refractivity contribution is -0.148. The molecule has 1 aromatic carbocycles. The molecule has 0 aliphatic carbocycles. The molecule has 0 saturated carbocycles. The first-order valence-electron chi connectivity index (χ1n) is 12.8. The van der Waals surface area contributed by atoms with E-state index in [4.69, 9.17) is 14.6 Å². The average Bonchev–Trinajstić information content (AvgIpc) is 2.82. The molecule has 4 atom stereocenters. The fourth-order valence-electron chi connectivity index (χ4n) is 4.53. The van der Waals surface area contributed by atoms with Gasteiger partial charge in [0, 0.05) is 19.9 Å². The molecule has 4 unspecified atom stereocenters. The highest BCUT2D eigenvalue weighted by atomic mass is 16.5. The van der Waals surface area contributed by atoms with Crippen LogP contribution in [-0.2, 0) is 9.59 Å². The van der Waals surface area contributed by atoms with Crippen LogP contribution >= 0.6 is 0 Å². The van der Waals surface area contributed by atoms with Gasteiger partial charge in [0.25, 0.3) is 0 Å². The zero-order valence-corrected chi connectivity index (χ0v) is 21.1. The zero-order chi connectivity index (χ0) is 24.9. The molecule has 192 valence electrons. The molecule has 1 aliphatic heterocycles. The van der Waals surface area contributed by atoms with Crippen molar-refractivity contribution in [2.75, 3.05) is 20.3 Å². The Labute approximate surface area is 204 Å². The Morgan fingerprint density at radius 2 is 1.79 bits per heavy atom. The molecule has 1 fully saturated rings. The van der Waals surface area contributed by atoms with Gasteiger partial charge in [-0.15, -0.1) is 0 Å². The third-order valence-electron chi connectivity index (χ3n) is 6.57. The number of rotatable bonds is 9. The lowest BCUT2D eigenvalue weighted by Gasteiger charge is -2.29. The van der Waals surface area contributed by atoms with Gasteiger partial charge >= 0.3 is 0 Å². The first-order chi connectivity index (χ1) is 16.3. The van der Waals surface area contributed by atoms with Gasteiger partial charge in [-0.1, -0.05) is 39.5 Å². The molecular weight excluding hydrogens is 434 g/mol. The van der Waals surface area contributed by atoms with Gasteiger partial charge in [0.1, 0.15) is 18.1 Å². The predicted molar refractivity (Wildman–Crippen MR) is 132 cm³/mol. The van der Waals surface area contributed by atoms with E-state index in [1.807, 2.05) is 6.92 Å². The number of carbonyl (C=O) groups is 2. The van der Waals surface area contributed by atoms with Crippen LogP contribution in [0.3, 0.4) is 0 Å². The summed E-state index contributed by atoms with van der Waals surface area (Å²) in [5.74, 6) is 1.41. The third-order valence-corrected chi connectivity index (χ3v) is 6.57. The standard InChI is InChI=1S/C27H43NO6/c1-4-7-22(30)18-21-11-10-20(2)8-5-6-9-26(32)28(3)27(25(31)19-21)34-24-14-12-23(13-15-24)33-17-16-29/h12-15,20-22,27,29-30H,4-11,16-19H2,1-3H3. The number of carbonyl (C=O) groups excluding carboxylic acids is 2. The Hall–Kier alpha value is -2.12. The second kappa shape index (κ2) is 15.0. The molecule has 7 heteroatoms. The van der Waals surface area contributed by atoms with Gasteiger partial charge in [-0.05, 0) is 61.8 Å². The number of benzene rings is 1. The van der Waals surface area contributed by atoms with Gasteiger partial charge in [-0.25, -0.2) is 0 Å². The molecule has 1 aromatic rings. The summed E-state index contributed by atoms with van der Waals surface area (Å²) in [5.41, 5.74) is 0. The summed E-state index contributed by atoms with van der Waals surface area (Å²) in [7, 11) is 1.63. The second-order valence-electron chi connectivity index (χ2n) is 9.66. The SMILES string of the molecule is CCCC(O)CC1CCC(C)CCCCC(=O)N(C)C(Oc2ccc(OCCO)cc2)C(=O)C1. The minimum absolute atomic E-state index is 0.0566. The normalized spacial score (nSPS) is 24.0. The Balaban J connectivity index is 2.21. The first-order valence-corrected chi connectivity index (χ1v) is 12.8. The highest BCUT2D eigenvalue weighted by Gasteiger charge is 2.31.